The Hall–Kier alpha value is -1.76. The fourth-order valence-electron chi connectivity index (χ4n) is 2.73. The number of rotatable bonds is 3. The van der Waals surface area contributed by atoms with Crippen LogP contribution >= 0.6 is 0 Å². The van der Waals surface area contributed by atoms with Crippen molar-refractivity contribution in [3.63, 3.8) is 0 Å². The molecule has 1 fully saturated rings. The van der Waals surface area contributed by atoms with E-state index in [0.29, 0.717) is 12.1 Å². The summed E-state index contributed by atoms with van der Waals surface area (Å²) >= 11 is 0. The van der Waals surface area contributed by atoms with Gasteiger partial charge in [0.25, 0.3) is 0 Å². The van der Waals surface area contributed by atoms with Crippen LogP contribution in [0.5, 0.6) is 0 Å². The normalized spacial score (nSPS) is 26.4. The number of alkyl halides is 1. The van der Waals surface area contributed by atoms with E-state index < -0.39 is 18.1 Å². The maximum absolute atomic E-state index is 14.1. The highest BCUT2D eigenvalue weighted by Gasteiger charge is 2.38. The van der Waals surface area contributed by atoms with E-state index in [-0.39, 0.29) is 17.4 Å². The third kappa shape index (κ3) is 2.02. The Morgan fingerprint density at radius 3 is 3.10 bits per heavy atom. The van der Waals surface area contributed by atoms with Crippen molar-refractivity contribution in [3.05, 3.63) is 23.9 Å². The summed E-state index contributed by atoms with van der Waals surface area (Å²) in [7, 11) is 0. The monoisotopic (exact) mass is 282 g/mol. The van der Waals surface area contributed by atoms with Gasteiger partial charge in [0.15, 0.2) is 11.6 Å². The van der Waals surface area contributed by atoms with Crippen LogP contribution in [0.15, 0.2) is 12.4 Å². The molecule has 0 amide bonds. The molecule has 2 aromatic rings. The standard InChI is InChI=1S/C13H16F2N4O/c1-2-3-7-4-9(15)12(20-7)10-5-8(14)11-13(16)17-6-18-19(10)11/h5-7,9,12H,2-4H2,1H3,(H2,16,17,18). The van der Waals surface area contributed by atoms with Crippen molar-refractivity contribution >= 4 is 11.3 Å². The zero-order valence-corrected chi connectivity index (χ0v) is 11.1. The van der Waals surface area contributed by atoms with Gasteiger partial charge in [0, 0.05) is 12.5 Å². The van der Waals surface area contributed by atoms with Crippen LogP contribution < -0.4 is 5.73 Å². The van der Waals surface area contributed by atoms with Gasteiger partial charge in [-0.05, 0) is 6.42 Å². The van der Waals surface area contributed by atoms with Crippen LogP contribution in [0, 0.1) is 5.82 Å². The van der Waals surface area contributed by atoms with Crippen molar-refractivity contribution in [1.82, 2.24) is 14.6 Å². The smallest absolute Gasteiger partial charge is 0.154 e. The van der Waals surface area contributed by atoms with Gasteiger partial charge >= 0.3 is 0 Å². The molecule has 108 valence electrons. The van der Waals surface area contributed by atoms with Gasteiger partial charge < -0.3 is 10.5 Å². The van der Waals surface area contributed by atoms with Crippen LogP contribution in [0.2, 0.25) is 0 Å². The zero-order chi connectivity index (χ0) is 14.3. The van der Waals surface area contributed by atoms with Crippen LogP contribution in [0.3, 0.4) is 0 Å². The Morgan fingerprint density at radius 1 is 1.55 bits per heavy atom. The van der Waals surface area contributed by atoms with E-state index in [1.54, 1.807) is 0 Å². The number of halogens is 2. The van der Waals surface area contributed by atoms with Gasteiger partial charge in [-0.2, -0.15) is 5.10 Å². The minimum Gasteiger partial charge on any atom is -0.382 e. The molecule has 20 heavy (non-hydrogen) atoms. The molecular weight excluding hydrogens is 266 g/mol. The summed E-state index contributed by atoms with van der Waals surface area (Å²) in [6, 6.07) is 1.23. The zero-order valence-electron chi connectivity index (χ0n) is 11.1. The third-order valence-corrected chi connectivity index (χ3v) is 3.62. The second kappa shape index (κ2) is 4.97. The minimum absolute atomic E-state index is 0.0299. The average Bonchev–Trinajstić information content (AvgIpc) is 2.92. The first-order valence-corrected chi connectivity index (χ1v) is 6.69. The molecule has 1 aliphatic heterocycles. The number of ether oxygens (including phenoxy) is 1. The van der Waals surface area contributed by atoms with Gasteiger partial charge in [-0.3, -0.25) is 0 Å². The number of fused-ring (bicyclic) bond motifs is 1. The lowest BCUT2D eigenvalue weighted by molar-refractivity contribution is 0.0203. The number of nitrogens with zero attached hydrogens (tertiary/aromatic N) is 3. The predicted octanol–water partition coefficient (Wildman–Crippen LogP) is 2.42. The Balaban J connectivity index is 2.01. The highest BCUT2D eigenvalue weighted by Crippen LogP contribution is 2.38. The molecular formula is C13H16F2N4O. The predicted molar refractivity (Wildman–Crippen MR) is 69.4 cm³/mol. The lowest BCUT2D eigenvalue weighted by Gasteiger charge is -2.13. The van der Waals surface area contributed by atoms with E-state index in [0.717, 1.165) is 12.8 Å². The minimum atomic E-state index is -1.17. The molecule has 0 aliphatic carbocycles. The number of hydrogen-bond acceptors (Lipinski definition) is 4. The largest absolute Gasteiger partial charge is 0.382 e. The summed E-state index contributed by atoms with van der Waals surface area (Å²) in [5, 5.41) is 3.95. The SMILES string of the molecule is CCCC1CC(F)C(c2cc(F)c3c(N)ncnn23)O1. The van der Waals surface area contributed by atoms with Crippen LogP contribution in [0.25, 0.3) is 5.52 Å². The van der Waals surface area contributed by atoms with E-state index in [4.69, 9.17) is 10.5 Å². The molecule has 2 aromatic heterocycles. The number of aromatic nitrogens is 3. The van der Waals surface area contributed by atoms with Gasteiger partial charge in [0.1, 0.15) is 24.1 Å². The molecule has 3 atom stereocenters. The van der Waals surface area contributed by atoms with Gasteiger partial charge in [-0.1, -0.05) is 13.3 Å². The van der Waals surface area contributed by atoms with E-state index in [1.165, 1.54) is 16.9 Å². The molecule has 3 rings (SSSR count). The molecule has 2 N–H and O–H groups in total. The second-order valence-electron chi connectivity index (χ2n) is 5.04. The number of hydrogen-bond donors (Lipinski definition) is 1. The molecule has 0 spiro atoms. The van der Waals surface area contributed by atoms with Crippen molar-refractivity contribution in [3.8, 4) is 0 Å². The van der Waals surface area contributed by atoms with Crippen LogP contribution in [0.1, 0.15) is 38.0 Å². The Kier molecular flexibility index (Phi) is 3.29. The highest BCUT2D eigenvalue weighted by atomic mass is 19.1. The summed E-state index contributed by atoms with van der Waals surface area (Å²) in [5.41, 5.74) is 6.04. The summed E-state index contributed by atoms with van der Waals surface area (Å²) in [6.07, 6.45) is 1.15. The van der Waals surface area contributed by atoms with Crippen molar-refractivity contribution in [2.24, 2.45) is 0 Å². The topological polar surface area (TPSA) is 65.4 Å². The molecule has 1 saturated heterocycles. The Bertz CT molecular complexity index is 630. The molecule has 0 radical (unpaired) electrons. The fourth-order valence-corrected chi connectivity index (χ4v) is 2.73. The first-order chi connectivity index (χ1) is 9.61. The quantitative estimate of drug-likeness (QED) is 0.939. The van der Waals surface area contributed by atoms with E-state index in [2.05, 4.69) is 10.1 Å². The Morgan fingerprint density at radius 2 is 2.35 bits per heavy atom. The highest BCUT2D eigenvalue weighted by molar-refractivity contribution is 5.66. The van der Waals surface area contributed by atoms with Crippen LogP contribution in [-0.4, -0.2) is 26.9 Å². The molecule has 0 saturated carbocycles. The van der Waals surface area contributed by atoms with Crippen molar-refractivity contribution in [1.29, 1.82) is 0 Å². The van der Waals surface area contributed by atoms with Crippen LogP contribution in [0.4, 0.5) is 14.6 Å². The second-order valence-corrected chi connectivity index (χ2v) is 5.04. The molecule has 3 heterocycles. The fraction of sp³-hybridized carbons (Fsp3) is 0.538. The van der Waals surface area contributed by atoms with E-state index in [9.17, 15) is 8.78 Å². The maximum Gasteiger partial charge on any atom is 0.154 e. The molecule has 0 bridgehead atoms. The summed E-state index contributed by atoms with van der Waals surface area (Å²) < 4.78 is 35.1. The first kappa shape index (κ1) is 13.2. The first-order valence-electron chi connectivity index (χ1n) is 6.69. The lowest BCUT2D eigenvalue weighted by Crippen LogP contribution is -2.12. The van der Waals surface area contributed by atoms with Gasteiger partial charge in [0.05, 0.1) is 11.8 Å². The number of nitrogens with two attached hydrogens (primary N) is 1. The van der Waals surface area contributed by atoms with Crippen molar-refractivity contribution < 1.29 is 13.5 Å². The summed E-state index contributed by atoms with van der Waals surface area (Å²) in [4.78, 5) is 3.74. The summed E-state index contributed by atoms with van der Waals surface area (Å²) in [5.74, 6) is -0.532. The third-order valence-electron chi connectivity index (χ3n) is 3.62. The summed E-state index contributed by atoms with van der Waals surface area (Å²) in [6.45, 7) is 2.02. The van der Waals surface area contributed by atoms with Gasteiger partial charge in [-0.15, -0.1) is 0 Å². The van der Waals surface area contributed by atoms with Crippen molar-refractivity contribution in [2.75, 3.05) is 5.73 Å². The molecule has 1 aliphatic rings. The number of nitrogen functional groups attached to an aromatic ring is 1. The molecule has 0 aromatic carbocycles. The number of anilines is 1. The van der Waals surface area contributed by atoms with E-state index in [1.807, 2.05) is 6.92 Å². The average molecular weight is 282 g/mol. The van der Waals surface area contributed by atoms with Crippen LogP contribution in [-0.2, 0) is 4.74 Å². The van der Waals surface area contributed by atoms with E-state index >= 15 is 0 Å². The molecule has 7 heteroatoms. The van der Waals surface area contributed by atoms with Gasteiger partial charge in [-0.25, -0.2) is 18.3 Å². The Labute approximate surface area is 114 Å². The maximum atomic E-state index is 14.1. The molecule has 3 unspecified atom stereocenters. The van der Waals surface area contributed by atoms with Gasteiger partial charge in [0.2, 0.25) is 0 Å². The lowest BCUT2D eigenvalue weighted by atomic mass is 10.1. The van der Waals surface area contributed by atoms with Crippen molar-refractivity contribution in [2.45, 2.75) is 44.6 Å². The molecule has 5 nitrogen and oxygen atoms in total.